The number of ketones is 1. The summed E-state index contributed by atoms with van der Waals surface area (Å²) in [7, 11) is 3.92. The van der Waals surface area contributed by atoms with E-state index in [9.17, 15) is 4.79 Å². The number of benzene rings is 1. The first kappa shape index (κ1) is 11.5. The van der Waals surface area contributed by atoms with E-state index in [1.807, 2.05) is 62.5 Å². The predicted octanol–water partition coefficient (Wildman–Crippen LogP) is 2.64. The first-order valence-corrected chi connectivity index (χ1v) is 5.55. The predicted molar refractivity (Wildman–Crippen MR) is 69.9 cm³/mol. The zero-order chi connectivity index (χ0) is 12.4. The molecule has 17 heavy (non-hydrogen) atoms. The first-order chi connectivity index (χ1) is 8.08. The third kappa shape index (κ3) is 2.38. The van der Waals surface area contributed by atoms with Crippen molar-refractivity contribution < 1.29 is 4.79 Å². The molecule has 3 nitrogen and oxygen atoms in total. The van der Waals surface area contributed by atoms with E-state index in [2.05, 4.69) is 5.32 Å². The number of nitrogens with zero attached hydrogens (tertiary/aromatic N) is 1. The molecular weight excluding hydrogens is 212 g/mol. The summed E-state index contributed by atoms with van der Waals surface area (Å²) in [5.74, 6) is 0.0621. The highest BCUT2D eigenvalue weighted by Gasteiger charge is 2.23. The Hall–Kier alpha value is -2.03. The van der Waals surface area contributed by atoms with Gasteiger partial charge in [0.15, 0.2) is 0 Å². The molecule has 0 fully saturated rings. The van der Waals surface area contributed by atoms with Gasteiger partial charge in [-0.3, -0.25) is 4.79 Å². The molecule has 0 amide bonds. The zero-order valence-electron chi connectivity index (χ0n) is 10.3. The molecule has 1 N–H and O–H groups in total. The molecule has 0 unspecified atom stereocenters. The van der Waals surface area contributed by atoms with Crippen LogP contribution in [-0.4, -0.2) is 24.8 Å². The van der Waals surface area contributed by atoms with Crippen molar-refractivity contribution in [2.75, 3.05) is 19.4 Å². The van der Waals surface area contributed by atoms with Crippen LogP contribution in [-0.2, 0) is 0 Å². The maximum atomic E-state index is 12.0. The molecule has 1 aromatic carbocycles. The zero-order valence-corrected chi connectivity index (χ0v) is 10.3. The van der Waals surface area contributed by atoms with Crippen molar-refractivity contribution in [1.82, 2.24) is 4.90 Å². The largest absolute Gasteiger partial charge is 0.383 e. The van der Waals surface area contributed by atoms with Crippen LogP contribution in [0.25, 0.3) is 0 Å². The number of carbonyl (C=O) groups excluding carboxylic acids is 1. The molecule has 0 saturated heterocycles. The van der Waals surface area contributed by atoms with Crippen LogP contribution < -0.4 is 5.32 Å². The number of para-hydroxylation sites is 1. The number of rotatable bonds is 2. The average molecular weight is 228 g/mol. The maximum Gasteiger partial charge on any atom is 0.211 e. The van der Waals surface area contributed by atoms with E-state index < -0.39 is 0 Å². The van der Waals surface area contributed by atoms with Gasteiger partial charge in [-0.15, -0.1) is 0 Å². The third-order valence-electron chi connectivity index (χ3n) is 2.52. The number of allylic oxidation sites excluding steroid dienone is 3. The summed E-state index contributed by atoms with van der Waals surface area (Å²) in [6, 6.07) is 7.56. The number of carbonyl (C=O) groups is 1. The van der Waals surface area contributed by atoms with E-state index >= 15 is 0 Å². The van der Waals surface area contributed by atoms with Gasteiger partial charge in [-0.1, -0.05) is 12.1 Å². The highest BCUT2D eigenvalue weighted by molar-refractivity contribution is 6.18. The van der Waals surface area contributed by atoms with Crippen LogP contribution in [0.4, 0.5) is 5.69 Å². The smallest absolute Gasteiger partial charge is 0.211 e. The highest BCUT2D eigenvalue weighted by atomic mass is 16.1. The molecule has 1 aromatic rings. The van der Waals surface area contributed by atoms with Crippen molar-refractivity contribution in [3.05, 3.63) is 53.4 Å². The summed E-state index contributed by atoms with van der Waals surface area (Å²) >= 11 is 0. The minimum atomic E-state index is 0.0621. The second-order valence-electron chi connectivity index (χ2n) is 4.39. The summed E-state index contributed by atoms with van der Waals surface area (Å²) in [4.78, 5) is 14.0. The Morgan fingerprint density at radius 3 is 2.65 bits per heavy atom. The van der Waals surface area contributed by atoms with Gasteiger partial charge >= 0.3 is 0 Å². The van der Waals surface area contributed by atoms with Gasteiger partial charge in [0.25, 0.3) is 0 Å². The van der Waals surface area contributed by atoms with Crippen molar-refractivity contribution in [1.29, 1.82) is 0 Å². The molecule has 0 saturated carbocycles. The summed E-state index contributed by atoms with van der Waals surface area (Å²) in [6.07, 6.45) is 3.85. The number of hydrogen-bond acceptors (Lipinski definition) is 3. The van der Waals surface area contributed by atoms with Crippen molar-refractivity contribution in [2.24, 2.45) is 0 Å². The van der Waals surface area contributed by atoms with Gasteiger partial charge in [-0.2, -0.15) is 0 Å². The molecule has 0 spiro atoms. The molecule has 88 valence electrons. The molecule has 1 heterocycles. The minimum absolute atomic E-state index is 0.0621. The van der Waals surface area contributed by atoms with Gasteiger partial charge < -0.3 is 10.2 Å². The van der Waals surface area contributed by atoms with Crippen molar-refractivity contribution >= 4 is 11.5 Å². The van der Waals surface area contributed by atoms with Gasteiger partial charge in [-0.25, -0.2) is 0 Å². The SMILES string of the molecule is CC(/C=C1\Nc2ccccc2C1=O)=C\N(C)C. The van der Waals surface area contributed by atoms with Crippen LogP contribution in [0, 0.1) is 0 Å². The summed E-state index contributed by atoms with van der Waals surface area (Å²) in [6.45, 7) is 1.98. The fourth-order valence-electron chi connectivity index (χ4n) is 1.91. The van der Waals surface area contributed by atoms with Crippen LogP contribution in [0.3, 0.4) is 0 Å². The average Bonchev–Trinajstić information content (AvgIpc) is 2.55. The first-order valence-electron chi connectivity index (χ1n) is 5.55. The molecule has 0 radical (unpaired) electrons. The number of anilines is 1. The third-order valence-corrected chi connectivity index (χ3v) is 2.52. The van der Waals surface area contributed by atoms with Gasteiger partial charge in [0, 0.05) is 31.5 Å². The van der Waals surface area contributed by atoms with E-state index in [4.69, 9.17) is 0 Å². The Morgan fingerprint density at radius 1 is 1.29 bits per heavy atom. The van der Waals surface area contributed by atoms with Crippen molar-refractivity contribution in [2.45, 2.75) is 6.92 Å². The summed E-state index contributed by atoms with van der Waals surface area (Å²) in [5, 5.41) is 3.14. The molecule has 0 aromatic heterocycles. The van der Waals surface area contributed by atoms with Gasteiger partial charge in [0.2, 0.25) is 5.78 Å². The molecule has 1 aliphatic rings. The van der Waals surface area contributed by atoms with Crippen molar-refractivity contribution in [3.63, 3.8) is 0 Å². The topological polar surface area (TPSA) is 32.3 Å². The Bertz CT molecular complexity index is 513. The second kappa shape index (κ2) is 4.45. The fraction of sp³-hybridized carbons (Fsp3) is 0.214. The van der Waals surface area contributed by atoms with Crippen molar-refractivity contribution in [3.8, 4) is 0 Å². The lowest BCUT2D eigenvalue weighted by Gasteiger charge is -2.06. The molecular formula is C14H16N2O. The molecule has 0 aliphatic carbocycles. The van der Waals surface area contributed by atoms with Crippen LogP contribution in [0.2, 0.25) is 0 Å². The Kier molecular flexibility index (Phi) is 3.00. The van der Waals surface area contributed by atoms with E-state index in [1.165, 1.54) is 0 Å². The van der Waals surface area contributed by atoms with Crippen LogP contribution >= 0.6 is 0 Å². The number of fused-ring (bicyclic) bond motifs is 1. The monoisotopic (exact) mass is 228 g/mol. The lowest BCUT2D eigenvalue weighted by atomic mass is 10.1. The molecule has 1 aliphatic heterocycles. The van der Waals surface area contributed by atoms with Crippen LogP contribution in [0.15, 0.2) is 47.8 Å². The van der Waals surface area contributed by atoms with E-state index in [0.717, 1.165) is 16.8 Å². The quantitative estimate of drug-likeness (QED) is 0.790. The molecule has 0 atom stereocenters. The molecule has 2 rings (SSSR count). The molecule has 0 bridgehead atoms. The lowest BCUT2D eigenvalue weighted by molar-refractivity contribution is 0.104. The van der Waals surface area contributed by atoms with E-state index in [0.29, 0.717) is 5.70 Å². The Balaban J connectivity index is 2.29. The molecule has 3 heteroatoms. The fourth-order valence-corrected chi connectivity index (χ4v) is 1.91. The number of nitrogens with one attached hydrogen (secondary N) is 1. The highest BCUT2D eigenvalue weighted by Crippen LogP contribution is 2.27. The van der Waals surface area contributed by atoms with Crippen LogP contribution in [0.5, 0.6) is 0 Å². The van der Waals surface area contributed by atoms with Gasteiger partial charge in [-0.05, 0) is 30.7 Å². The number of Topliss-reactive ketones (excluding diaryl/α,β-unsaturated/α-hetero) is 1. The Labute approximate surface area is 101 Å². The van der Waals surface area contributed by atoms with E-state index in [-0.39, 0.29) is 5.78 Å². The van der Waals surface area contributed by atoms with Gasteiger partial charge in [0.05, 0.1) is 5.70 Å². The van der Waals surface area contributed by atoms with Gasteiger partial charge in [0.1, 0.15) is 0 Å². The normalized spacial score (nSPS) is 17.0. The summed E-state index contributed by atoms with van der Waals surface area (Å²) < 4.78 is 0. The second-order valence-corrected chi connectivity index (χ2v) is 4.39. The van der Waals surface area contributed by atoms with Crippen LogP contribution in [0.1, 0.15) is 17.3 Å². The Morgan fingerprint density at radius 2 is 2.00 bits per heavy atom. The standard InChI is InChI=1S/C14H16N2O/c1-10(9-16(2)3)8-13-14(17)11-6-4-5-7-12(11)15-13/h4-9,15H,1-3H3/b10-9+,13-8-. The minimum Gasteiger partial charge on any atom is -0.383 e. The maximum absolute atomic E-state index is 12.0. The number of hydrogen-bond donors (Lipinski definition) is 1. The lowest BCUT2D eigenvalue weighted by Crippen LogP contribution is -2.04. The van der Waals surface area contributed by atoms with E-state index in [1.54, 1.807) is 0 Å². The summed E-state index contributed by atoms with van der Waals surface area (Å²) in [5.41, 5.74) is 3.32.